The zero-order chi connectivity index (χ0) is 15.1. The molecule has 0 saturated carbocycles. The molecule has 0 saturated heterocycles. The minimum absolute atomic E-state index is 0. The molecule has 0 fully saturated rings. The second-order valence-corrected chi connectivity index (χ2v) is 4.56. The first-order chi connectivity index (χ1) is 9.47. The summed E-state index contributed by atoms with van der Waals surface area (Å²) in [4.78, 5) is 22.0. The summed E-state index contributed by atoms with van der Waals surface area (Å²) in [5.74, 6) is -0.0729. The molecule has 0 unspecified atom stereocenters. The van der Waals surface area contributed by atoms with Gasteiger partial charge in [-0.05, 0) is 33.9 Å². The summed E-state index contributed by atoms with van der Waals surface area (Å²) in [6.45, 7) is 5.06. The maximum absolute atomic E-state index is 11.6. The molecule has 120 valence electrons. The number of amides is 1. The Morgan fingerprint density at radius 1 is 1.38 bits per heavy atom. The topological polar surface area (TPSA) is 102 Å². The summed E-state index contributed by atoms with van der Waals surface area (Å²) in [6, 6.07) is 0. The van der Waals surface area contributed by atoms with Gasteiger partial charge in [0.1, 0.15) is 11.4 Å². The summed E-state index contributed by atoms with van der Waals surface area (Å²) in [7, 11) is 1.86. The predicted molar refractivity (Wildman–Crippen MR) is 81.8 cm³/mol. The molecule has 0 aromatic carbocycles. The largest absolute Gasteiger partial charge is 0.356 e. The van der Waals surface area contributed by atoms with E-state index < -0.39 is 4.92 Å². The lowest BCUT2D eigenvalue weighted by Crippen LogP contribution is -2.27. The maximum atomic E-state index is 11.6. The van der Waals surface area contributed by atoms with E-state index >= 15 is 0 Å². The Morgan fingerprint density at radius 3 is 2.57 bits per heavy atom. The number of aryl methyl sites for hydroxylation is 2. The molecule has 1 rings (SSSR count). The highest BCUT2D eigenvalue weighted by molar-refractivity contribution is 5.85. The highest BCUT2D eigenvalue weighted by Crippen LogP contribution is 2.21. The molecule has 9 heteroatoms. The lowest BCUT2D eigenvalue weighted by atomic mass is 10.3. The number of aromatic nitrogens is 2. The standard InChI is InChI=1S/C12H21N5O3.ClH/c1-9-12(17(19)20)10(2)16(15-9)8-5-11(18)14-7-4-6-13-3;/h13H,4-8H2,1-3H3,(H,14,18);1H. The Morgan fingerprint density at radius 2 is 2.05 bits per heavy atom. The van der Waals surface area contributed by atoms with E-state index in [1.165, 1.54) is 4.68 Å². The van der Waals surface area contributed by atoms with Crippen LogP contribution in [-0.4, -0.2) is 40.7 Å². The Hall–Kier alpha value is -1.67. The number of halogens is 1. The molecule has 8 nitrogen and oxygen atoms in total. The fraction of sp³-hybridized carbons (Fsp3) is 0.667. The summed E-state index contributed by atoms with van der Waals surface area (Å²) in [6.07, 6.45) is 1.13. The number of rotatable bonds is 8. The van der Waals surface area contributed by atoms with Crippen LogP contribution in [0, 0.1) is 24.0 Å². The van der Waals surface area contributed by atoms with E-state index in [2.05, 4.69) is 15.7 Å². The van der Waals surface area contributed by atoms with Crippen LogP contribution in [0.3, 0.4) is 0 Å². The van der Waals surface area contributed by atoms with Crippen molar-refractivity contribution >= 4 is 24.0 Å². The molecule has 1 heterocycles. The van der Waals surface area contributed by atoms with Crippen molar-refractivity contribution in [2.24, 2.45) is 0 Å². The fourth-order valence-electron chi connectivity index (χ4n) is 1.96. The van der Waals surface area contributed by atoms with E-state index in [1.807, 2.05) is 7.05 Å². The summed E-state index contributed by atoms with van der Waals surface area (Å²) in [5, 5.41) is 20.8. The van der Waals surface area contributed by atoms with Crippen LogP contribution in [-0.2, 0) is 11.3 Å². The van der Waals surface area contributed by atoms with Crippen molar-refractivity contribution < 1.29 is 9.72 Å². The van der Waals surface area contributed by atoms with Crippen LogP contribution < -0.4 is 10.6 Å². The molecule has 1 aromatic rings. The van der Waals surface area contributed by atoms with Crippen molar-refractivity contribution in [3.05, 3.63) is 21.5 Å². The van der Waals surface area contributed by atoms with Gasteiger partial charge in [0.25, 0.3) is 0 Å². The zero-order valence-electron chi connectivity index (χ0n) is 12.5. The highest BCUT2D eigenvalue weighted by atomic mass is 35.5. The molecule has 2 N–H and O–H groups in total. The molecular formula is C12H22ClN5O3. The van der Waals surface area contributed by atoms with Crippen molar-refractivity contribution in [3.8, 4) is 0 Å². The van der Waals surface area contributed by atoms with Crippen LogP contribution in [0.4, 0.5) is 5.69 Å². The number of hydrogen-bond donors (Lipinski definition) is 2. The lowest BCUT2D eigenvalue weighted by molar-refractivity contribution is -0.386. The molecular weight excluding hydrogens is 298 g/mol. The Bertz CT molecular complexity index is 489. The van der Waals surface area contributed by atoms with E-state index in [0.717, 1.165) is 13.0 Å². The number of hydrogen-bond acceptors (Lipinski definition) is 5. The van der Waals surface area contributed by atoms with Crippen LogP contribution in [0.1, 0.15) is 24.2 Å². The highest BCUT2D eigenvalue weighted by Gasteiger charge is 2.21. The number of nitrogens with one attached hydrogen (secondary N) is 2. The zero-order valence-corrected chi connectivity index (χ0v) is 13.3. The van der Waals surface area contributed by atoms with Crippen molar-refractivity contribution in [3.63, 3.8) is 0 Å². The normalized spacial score (nSPS) is 10.0. The first kappa shape index (κ1) is 19.3. The van der Waals surface area contributed by atoms with E-state index in [-0.39, 0.29) is 30.4 Å². The van der Waals surface area contributed by atoms with Gasteiger partial charge in [-0.2, -0.15) is 5.10 Å². The van der Waals surface area contributed by atoms with Gasteiger partial charge in [-0.15, -0.1) is 12.4 Å². The second-order valence-electron chi connectivity index (χ2n) is 4.56. The molecule has 0 aliphatic heterocycles. The number of nitro groups is 1. The smallest absolute Gasteiger partial charge is 0.312 e. The van der Waals surface area contributed by atoms with Gasteiger partial charge >= 0.3 is 5.69 Å². The van der Waals surface area contributed by atoms with Gasteiger partial charge in [-0.1, -0.05) is 0 Å². The van der Waals surface area contributed by atoms with Crippen LogP contribution in [0.2, 0.25) is 0 Å². The van der Waals surface area contributed by atoms with Gasteiger partial charge in [-0.3, -0.25) is 19.6 Å². The molecule has 0 spiro atoms. The summed E-state index contributed by atoms with van der Waals surface area (Å²) in [5.41, 5.74) is 0.886. The number of carbonyl (C=O) groups excluding carboxylic acids is 1. The van der Waals surface area contributed by atoms with Gasteiger partial charge in [0.15, 0.2) is 0 Å². The summed E-state index contributed by atoms with van der Waals surface area (Å²) >= 11 is 0. The van der Waals surface area contributed by atoms with Crippen LogP contribution in [0.15, 0.2) is 0 Å². The van der Waals surface area contributed by atoms with E-state index in [1.54, 1.807) is 13.8 Å². The van der Waals surface area contributed by atoms with E-state index in [4.69, 9.17) is 0 Å². The van der Waals surface area contributed by atoms with Crippen molar-refractivity contribution in [2.45, 2.75) is 33.2 Å². The van der Waals surface area contributed by atoms with Gasteiger partial charge in [0.05, 0.1) is 11.5 Å². The molecule has 1 amide bonds. The minimum atomic E-state index is -0.439. The Labute approximate surface area is 129 Å². The van der Waals surface area contributed by atoms with Crippen molar-refractivity contribution in [1.29, 1.82) is 0 Å². The third kappa shape index (κ3) is 5.68. The van der Waals surface area contributed by atoms with Crippen molar-refractivity contribution in [2.75, 3.05) is 20.1 Å². The van der Waals surface area contributed by atoms with E-state index in [0.29, 0.717) is 24.5 Å². The van der Waals surface area contributed by atoms with Gasteiger partial charge < -0.3 is 10.6 Å². The minimum Gasteiger partial charge on any atom is -0.356 e. The first-order valence-electron chi connectivity index (χ1n) is 6.57. The Kier molecular flexibility index (Phi) is 8.56. The predicted octanol–water partition coefficient (Wildman–Crippen LogP) is 0.946. The summed E-state index contributed by atoms with van der Waals surface area (Å²) < 4.78 is 1.51. The SMILES string of the molecule is CNCCCNC(=O)CCn1nc(C)c([N+](=O)[O-])c1C.Cl. The van der Waals surface area contributed by atoms with Gasteiger partial charge in [0.2, 0.25) is 5.91 Å². The molecule has 21 heavy (non-hydrogen) atoms. The van der Waals surface area contributed by atoms with Gasteiger partial charge in [0, 0.05) is 13.0 Å². The molecule has 0 atom stereocenters. The number of nitrogens with zero attached hydrogens (tertiary/aromatic N) is 3. The van der Waals surface area contributed by atoms with Gasteiger partial charge in [-0.25, -0.2) is 0 Å². The van der Waals surface area contributed by atoms with E-state index in [9.17, 15) is 14.9 Å². The molecule has 0 radical (unpaired) electrons. The average Bonchev–Trinajstić information content (AvgIpc) is 2.67. The van der Waals surface area contributed by atoms with Crippen molar-refractivity contribution in [1.82, 2.24) is 20.4 Å². The maximum Gasteiger partial charge on any atom is 0.312 e. The quantitative estimate of drug-likeness (QED) is 0.422. The monoisotopic (exact) mass is 319 g/mol. The molecule has 0 aliphatic carbocycles. The molecule has 0 bridgehead atoms. The molecule has 0 aliphatic rings. The first-order valence-corrected chi connectivity index (χ1v) is 6.57. The average molecular weight is 320 g/mol. The lowest BCUT2D eigenvalue weighted by Gasteiger charge is -2.06. The Balaban J connectivity index is 0.00000400. The number of carbonyl (C=O) groups is 1. The third-order valence-electron chi connectivity index (χ3n) is 3.00. The molecule has 1 aromatic heterocycles. The van der Waals surface area contributed by atoms with Crippen LogP contribution >= 0.6 is 12.4 Å². The van der Waals surface area contributed by atoms with Crippen LogP contribution in [0.25, 0.3) is 0 Å². The second kappa shape index (κ2) is 9.30. The third-order valence-corrected chi connectivity index (χ3v) is 3.00. The fourth-order valence-corrected chi connectivity index (χ4v) is 1.96. The van der Waals surface area contributed by atoms with Crippen LogP contribution in [0.5, 0.6) is 0 Å².